The fraction of sp³-hybridized carbons (Fsp3) is 0.538. The van der Waals surface area contributed by atoms with E-state index < -0.39 is 0 Å². The highest BCUT2D eigenvalue weighted by atomic mass is 15.1. The highest BCUT2D eigenvalue weighted by Gasteiger charge is 2.09. The molecule has 0 bridgehead atoms. The molecule has 1 rings (SSSR count). The summed E-state index contributed by atoms with van der Waals surface area (Å²) < 4.78 is 0. The molecule has 0 unspecified atom stereocenters. The molecule has 0 saturated carbocycles. The van der Waals surface area contributed by atoms with Gasteiger partial charge in [-0.25, -0.2) is 0 Å². The Bertz CT molecular complexity index is 219. The fourth-order valence-electron chi connectivity index (χ4n) is 1.90. The first-order valence-electron chi connectivity index (χ1n) is 5.53. The van der Waals surface area contributed by atoms with E-state index >= 15 is 0 Å². The van der Waals surface area contributed by atoms with Gasteiger partial charge in [-0.2, -0.15) is 0 Å². The average Bonchev–Trinajstić information content (AvgIpc) is 2.20. The monoisotopic (exact) mass is 191 g/mol. The van der Waals surface area contributed by atoms with E-state index in [2.05, 4.69) is 36.6 Å². The topological polar surface area (TPSA) is 3.24 Å². The molecule has 14 heavy (non-hydrogen) atoms. The molecular weight excluding hydrogens is 170 g/mol. The molecule has 0 atom stereocenters. The van der Waals surface area contributed by atoms with E-state index in [0.717, 1.165) is 6.54 Å². The van der Waals surface area contributed by atoms with Crippen LogP contribution in [-0.2, 0) is 0 Å². The van der Waals surface area contributed by atoms with Gasteiger partial charge in [0.2, 0.25) is 0 Å². The van der Waals surface area contributed by atoms with Crippen molar-refractivity contribution in [2.75, 3.05) is 19.6 Å². The quantitative estimate of drug-likeness (QED) is 0.617. The van der Waals surface area contributed by atoms with Gasteiger partial charge in [-0.3, -0.25) is 4.90 Å². The maximum Gasteiger partial charge on any atom is 0.0233 e. The first kappa shape index (κ1) is 11.3. The van der Waals surface area contributed by atoms with E-state index in [4.69, 9.17) is 0 Å². The van der Waals surface area contributed by atoms with Crippen LogP contribution in [0.1, 0.15) is 26.2 Å². The van der Waals surface area contributed by atoms with E-state index in [0.29, 0.717) is 0 Å². The maximum absolute atomic E-state index is 3.75. The lowest BCUT2D eigenvalue weighted by Crippen LogP contribution is -2.31. The minimum absolute atomic E-state index is 1.08. The normalized spacial score (nSPS) is 20.2. The molecule has 0 spiro atoms. The standard InChI is InChI=1S/C13H21N/c1-3-8-13(9-4-2)12-14-10-6-5-7-11-14/h3-4,8-9H,1,5-7,10-12H2,2H3/b9-4-,13-8+. The summed E-state index contributed by atoms with van der Waals surface area (Å²) in [5.41, 5.74) is 1.37. The van der Waals surface area contributed by atoms with Gasteiger partial charge in [-0.1, -0.05) is 37.3 Å². The summed E-state index contributed by atoms with van der Waals surface area (Å²) in [6.45, 7) is 9.40. The van der Waals surface area contributed by atoms with Crippen LogP contribution >= 0.6 is 0 Å². The number of piperidine rings is 1. The minimum atomic E-state index is 1.08. The highest BCUT2D eigenvalue weighted by molar-refractivity contribution is 5.24. The molecule has 0 amide bonds. The van der Waals surface area contributed by atoms with Crippen molar-refractivity contribution in [3.63, 3.8) is 0 Å². The Balaban J connectivity index is 2.45. The van der Waals surface area contributed by atoms with Crippen LogP contribution in [0.3, 0.4) is 0 Å². The van der Waals surface area contributed by atoms with Crippen molar-refractivity contribution in [1.82, 2.24) is 4.90 Å². The van der Waals surface area contributed by atoms with Crippen LogP contribution < -0.4 is 0 Å². The third-order valence-electron chi connectivity index (χ3n) is 2.57. The van der Waals surface area contributed by atoms with E-state index in [1.54, 1.807) is 0 Å². The van der Waals surface area contributed by atoms with Gasteiger partial charge < -0.3 is 0 Å². The van der Waals surface area contributed by atoms with E-state index in [1.807, 2.05) is 6.08 Å². The molecule has 0 radical (unpaired) electrons. The van der Waals surface area contributed by atoms with Crippen LogP contribution in [0.5, 0.6) is 0 Å². The van der Waals surface area contributed by atoms with Crippen LogP contribution in [0.2, 0.25) is 0 Å². The Morgan fingerprint density at radius 2 is 2.00 bits per heavy atom. The number of hydrogen-bond donors (Lipinski definition) is 0. The molecule has 0 N–H and O–H groups in total. The summed E-state index contributed by atoms with van der Waals surface area (Å²) >= 11 is 0. The van der Waals surface area contributed by atoms with E-state index in [1.165, 1.54) is 37.9 Å². The smallest absolute Gasteiger partial charge is 0.0233 e. The Morgan fingerprint density at radius 1 is 1.29 bits per heavy atom. The van der Waals surface area contributed by atoms with E-state index in [9.17, 15) is 0 Å². The molecule has 0 aliphatic carbocycles. The molecule has 78 valence electrons. The predicted molar refractivity (Wildman–Crippen MR) is 63.4 cm³/mol. The zero-order valence-corrected chi connectivity index (χ0v) is 9.21. The van der Waals surface area contributed by atoms with E-state index in [-0.39, 0.29) is 0 Å². The zero-order chi connectivity index (χ0) is 10.2. The van der Waals surface area contributed by atoms with Gasteiger partial charge in [-0.15, -0.1) is 0 Å². The third kappa shape index (κ3) is 3.93. The Morgan fingerprint density at radius 3 is 2.57 bits per heavy atom. The van der Waals surface area contributed by atoms with Crippen molar-refractivity contribution >= 4 is 0 Å². The first-order chi connectivity index (χ1) is 6.86. The molecule has 0 aromatic heterocycles. The molecule has 1 heterocycles. The van der Waals surface area contributed by atoms with Crippen LogP contribution in [0, 0.1) is 0 Å². The fourth-order valence-corrected chi connectivity index (χ4v) is 1.90. The third-order valence-corrected chi connectivity index (χ3v) is 2.57. The number of rotatable bonds is 4. The predicted octanol–water partition coefficient (Wildman–Crippen LogP) is 3.16. The molecule has 1 aliphatic heterocycles. The van der Waals surface area contributed by atoms with Crippen LogP contribution in [0.25, 0.3) is 0 Å². The van der Waals surface area contributed by atoms with Crippen molar-refractivity contribution in [2.24, 2.45) is 0 Å². The van der Waals surface area contributed by atoms with Crippen molar-refractivity contribution in [3.8, 4) is 0 Å². The van der Waals surface area contributed by atoms with Crippen molar-refractivity contribution in [2.45, 2.75) is 26.2 Å². The summed E-state index contributed by atoms with van der Waals surface area (Å²) in [5.74, 6) is 0. The second-order valence-electron chi connectivity index (χ2n) is 3.81. The lowest BCUT2D eigenvalue weighted by molar-refractivity contribution is 0.248. The van der Waals surface area contributed by atoms with Gasteiger partial charge in [0.05, 0.1) is 0 Å². The molecule has 1 fully saturated rings. The molecule has 1 nitrogen and oxygen atoms in total. The van der Waals surface area contributed by atoms with Crippen LogP contribution in [0.15, 0.2) is 36.5 Å². The summed E-state index contributed by atoms with van der Waals surface area (Å²) in [6, 6.07) is 0. The van der Waals surface area contributed by atoms with Gasteiger partial charge >= 0.3 is 0 Å². The second-order valence-corrected chi connectivity index (χ2v) is 3.81. The van der Waals surface area contributed by atoms with Gasteiger partial charge in [0.15, 0.2) is 0 Å². The summed E-state index contributed by atoms with van der Waals surface area (Å²) in [5, 5.41) is 0. The van der Waals surface area contributed by atoms with Gasteiger partial charge in [0.1, 0.15) is 0 Å². The summed E-state index contributed by atoms with van der Waals surface area (Å²) in [4.78, 5) is 2.53. The van der Waals surface area contributed by atoms with Crippen molar-refractivity contribution < 1.29 is 0 Å². The zero-order valence-electron chi connectivity index (χ0n) is 9.21. The molecule has 1 heteroatoms. The molecule has 1 saturated heterocycles. The summed E-state index contributed by atoms with van der Waals surface area (Å²) in [7, 11) is 0. The van der Waals surface area contributed by atoms with Gasteiger partial charge in [0.25, 0.3) is 0 Å². The largest absolute Gasteiger partial charge is 0.299 e. The number of nitrogens with zero attached hydrogens (tertiary/aromatic N) is 1. The SMILES string of the molecule is C=C/C=C(\C=C/C)CN1CCCCC1. The van der Waals surface area contributed by atoms with Gasteiger partial charge in [-0.05, 0) is 38.4 Å². The minimum Gasteiger partial charge on any atom is -0.299 e. The molecular formula is C13H21N. The maximum atomic E-state index is 3.75. The first-order valence-corrected chi connectivity index (χ1v) is 5.53. The number of likely N-dealkylation sites (tertiary alicyclic amines) is 1. The van der Waals surface area contributed by atoms with Gasteiger partial charge in [0, 0.05) is 6.54 Å². The summed E-state index contributed by atoms with van der Waals surface area (Å²) in [6.07, 6.45) is 12.4. The molecule has 0 aromatic carbocycles. The lowest BCUT2D eigenvalue weighted by atomic mass is 10.1. The highest BCUT2D eigenvalue weighted by Crippen LogP contribution is 2.11. The van der Waals surface area contributed by atoms with Crippen LogP contribution in [0.4, 0.5) is 0 Å². The van der Waals surface area contributed by atoms with Crippen molar-refractivity contribution in [1.29, 1.82) is 0 Å². The number of allylic oxidation sites excluding steroid dienone is 3. The number of hydrogen-bond acceptors (Lipinski definition) is 1. The Labute approximate surface area is 87.8 Å². The molecule has 0 aromatic rings. The average molecular weight is 191 g/mol. The van der Waals surface area contributed by atoms with Crippen LogP contribution in [-0.4, -0.2) is 24.5 Å². The second kappa shape index (κ2) is 6.61. The lowest BCUT2D eigenvalue weighted by Gasteiger charge is -2.26. The Kier molecular flexibility index (Phi) is 5.31. The molecule has 1 aliphatic rings. The van der Waals surface area contributed by atoms with Crippen molar-refractivity contribution in [3.05, 3.63) is 36.5 Å². The Hall–Kier alpha value is -0.820.